The first kappa shape index (κ1) is 18.1. The second-order valence-corrected chi connectivity index (χ2v) is 8.67. The monoisotopic (exact) mass is 413 g/mol. The Morgan fingerprint density at radius 1 is 0.419 bits per heavy atom. The highest BCUT2D eigenvalue weighted by Crippen LogP contribution is 2.43. The van der Waals surface area contributed by atoms with Gasteiger partial charge >= 0.3 is 0 Å². The van der Waals surface area contributed by atoms with Gasteiger partial charge in [-0.2, -0.15) is 0 Å². The van der Waals surface area contributed by atoms with Crippen LogP contribution in [0.15, 0.2) is 116 Å². The van der Waals surface area contributed by atoms with Crippen molar-refractivity contribution in [1.29, 1.82) is 0 Å². The first-order valence-electron chi connectivity index (χ1n) is 10.4. The molecule has 0 fully saturated rings. The van der Waals surface area contributed by atoms with Crippen LogP contribution in [0.1, 0.15) is 0 Å². The Bertz CT molecular complexity index is 1500. The zero-order valence-electron chi connectivity index (χ0n) is 16.8. The molecule has 0 bridgehead atoms. The second-order valence-electron chi connectivity index (χ2n) is 7.65. The van der Waals surface area contributed by atoms with Gasteiger partial charge in [0.05, 0.1) is 0 Å². The van der Waals surface area contributed by atoms with Gasteiger partial charge in [0.25, 0.3) is 0 Å². The fourth-order valence-corrected chi connectivity index (χ4v) is 5.65. The minimum absolute atomic E-state index is 1.19. The first-order valence-corrected chi connectivity index (χ1v) is 11.2. The molecule has 0 atom stereocenters. The number of benzene rings is 4. The van der Waals surface area contributed by atoms with Gasteiger partial charge in [-0.1, -0.05) is 91.0 Å². The summed E-state index contributed by atoms with van der Waals surface area (Å²) < 4.78 is 2.70. The summed E-state index contributed by atoms with van der Waals surface area (Å²) in [5.41, 5.74) is 7.51. The van der Waals surface area contributed by atoms with Crippen molar-refractivity contribution < 1.29 is 0 Å². The van der Waals surface area contributed by atoms with Gasteiger partial charge < -0.3 is 0 Å². The summed E-state index contributed by atoms with van der Waals surface area (Å²) in [5.74, 6) is 0. The third-order valence-electron chi connectivity index (χ3n) is 5.82. The fraction of sp³-hybridized carbons (Fsp3) is 0. The SMILES string of the molecule is c1ccc(-c2cccc3c2sc2c(-c4ccc(-c5ccncc5)cc4)cccc23)cc1. The molecule has 146 valence electrons. The maximum Gasteiger partial charge on any atom is 0.0434 e. The van der Waals surface area contributed by atoms with E-state index in [1.54, 1.807) is 0 Å². The average Bonchev–Trinajstić information content (AvgIpc) is 3.24. The molecule has 1 nitrogen and oxygen atoms in total. The Kier molecular flexibility index (Phi) is 4.37. The summed E-state index contributed by atoms with van der Waals surface area (Å²) in [7, 11) is 0. The molecule has 0 N–H and O–H groups in total. The van der Waals surface area contributed by atoms with Crippen LogP contribution in [-0.2, 0) is 0 Å². The predicted octanol–water partition coefficient (Wildman–Crippen LogP) is 8.45. The van der Waals surface area contributed by atoms with E-state index in [-0.39, 0.29) is 0 Å². The first-order chi connectivity index (χ1) is 15.4. The highest BCUT2D eigenvalue weighted by atomic mass is 32.1. The van der Waals surface area contributed by atoms with Gasteiger partial charge in [0.15, 0.2) is 0 Å². The average molecular weight is 414 g/mol. The number of thiophene rings is 1. The van der Waals surface area contributed by atoms with Gasteiger partial charge in [-0.3, -0.25) is 4.98 Å². The number of pyridine rings is 1. The summed E-state index contributed by atoms with van der Waals surface area (Å²) in [5, 5.41) is 2.66. The van der Waals surface area contributed by atoms with Crippen LogP contribution in [0.25, 0.3) is 53.6 Å². The Hall–Kier alpha value is -3.75. The molecular weight excluding hydrogens is 394 g/mol. The summed E-state index contributed by atoms with van der Waals surface area (Å²) in [6, 6.07) is 36.9. The molecule has 0 spiro atoms. The Morgan fingerprint density at radius 3 is 1.55 bits per heavy atom. The van der Waals surface area contributed by atoms with E-state index in [1.807, 2.05) is 35.9 Å². The lowest BCUT2D eigenvalue weighted by Gasteiger charge is -2.06. The lowest BCUT2D eigenvalue weighted by molar-refractivity contribution is 1.33. The molecule has 4 aromatic carbocycles. The molecule has 0 radical (unpaired) electrons. The van der Waals surface area contributed by atoms with Crippen molar-refractivity contribution in [2.45, 2.75) is 0 Å². The van der Waals surface area contributed by atoms with Gasteiger partial charge in [-0.05, 0) is 45.5 Å². The van der Waals surface area contributed by atoms with Crippen LogP contribution < -0.4 is 0 Å². The Labute approximate surface area is 185 Å². The van der Waals surface area contributed by atoms with Crippen LogP contribution >= 0.6 is 11.3 Å². The van der Waals surface area contributed by atoms with Crippen molar-refractivity contribution in [1.82, 2.24) is 4.98 Å². The van der Waals surface area contributed by atoms with Crippen LogP contribution in [0, 0.1) is 0 Å². The van der Waals surface area contributed by atoms with Crippen molar-refractivity contribution in [2.75, 3.05) is 0 Å². The zero-order valence-corrected chi connectivity index (χ0v) is 17.6. The van der Waals surface area contributed by atoms with Crippen molar-refractivity contribution in [3.63, 3.8) is 0 Å². The second kappa shape index (κ2) is 7.50. The van der Waals surface area contributed by atoms with E-state index in [1.165, 1.54) is 53.6 Å². The standard InChI is InChI=1S/C29H19NS/c1-2-6-22(7-3-1)24-8-4-10-26-27-11-5-9-25(29(27)31-28(24)26)23-14-12-20(13-15-23)21-16-18-30-19-17-21/h1-19H. The lowest BCUT2D eigenvalue weighted by Crippen LogP contribution is -1.81. The highest BCUT2D eigenvalue weighted by Gasteiger charge is 2.13. The molecule has 0 aliphatic rings. The molecule has 0 amide bonds. The molecule has 2 heterocycles. The fourth-order valence-electron chi connectivity index (χ4n) is 4.28. The molecule has 0 unspecified atom stereocenters. The molecule has 0 saturated heterocycles. The third kappa shape index (κ3) is 3.13. The smallest absolute Gasteiger partial charge is 0.0434 e. The summed E-state index contributed by atoms with van der Waals surface area (Å²) in [6.07, 6.45) is 3.68. The Balaban J connectivity index is 1.52. The maximum atomic E-state index is 4.12. The molecule has 0 aliphatic heterocycles. The normalized spacial score (nSPS) is 11.2. The van der Waals surface area contributed by atoms with E-state index < -0.39 is 0 Å². The molecule has 6 aromatic rings. The summed E-state index contributed by atoms with van der Waals surface area (Å²) in [6.45, 7) is 0. The van der Waals surface area contributed by atoms with Crippen molar-refractivity contribution in [2.24, 2.45) is 0 Å². The van der Waals surface area contributed by atoms with Gasteiger partial charge in [-0.15, -0.1) is 11.3 Å². The zero-order chi connectivity index (χ0) is 20.6. The summed E-state index contributed by atoms with van der Waals surface area (Å²) >= 11 is 1.90. The van der Waals surface area contributed by atoms with E-state index in [4.69, 9.17) is 0 Å². The highest BCUT2D eigenvalue weighted by molar-refractivity contribution is 7.26. The maximum absolute atomic E-state index is 4.12. The largest absolute Gasteiger partial charge is 0.265 e. The van der Waals surface area contributed by atoms with Gasteiger partial charge in [0.2, 0.25) is 0 Å². The molecule has 2 heteroatoms. The van der Waals surface area contributed by atoms with Crippen molar-refractivity contribution in [3.8, 4) is 33.4 Å². The van der Waals surface area contributed by atoms with E-state index in [9.17, 15) is 0 Å². The number of rotatable bonds is 3. The van der Waals surface area contributed by atoms with Crippen molar-refractivity contribution >= 4 is 31.5 Å². The minimum Gasteiger partial charge on any atom is -0.265 e. The predicted molar refractivity (Wildman–Crippen MR) is 133 cm³/mol. The van der Waals surface area contributed by atoms with Gasteiger partial charge in [-0.25, -0.2) is 0 Å². The van der Waals surface area contributed by atoms with Gasteiger partial charge in [0.1, 0.15) is 0 Å². The van der Waals surface area contributed by atoms with Crippen LogP contribution in [0.2, 0.25) is 0 Å². The molecule has 2 aromatic heterocycles. The number of hydrogen-bond donors (Lipinski definition) is 0. The van der Waals surface area contributed by atoms with Crippen LogP contribution in [-0.4, -0.2) is 4.98 Å². The van der Waals surface area contributed by atoms with Crippen LogP contribution in [0.4, 0.5) is 0 Å². The number of hydrogen-bond acceptors (Lipinski definition) is 2. The molecule has 6 rings (SSSR count). The van der Waals surface area contributed by atoms with E-state index in [0.717, 1.165) is 0 Å². The van der Waals surface area contributed by atoms with Crippen molar-refractivity contribution in [3.05, 3.63) is 116 Å². The van der Waals surface area contributed by atoms with E-state index in [2.05, 4.69) is 96.0 Å². The molecule has 0 saturated carbocycles. The molecular formula is C29H19NS. The number of nitrogens with zero attached hydrogens (tertiary/aromatic N) is 1. The summed E-state index contributed by atoms with van der Waals surface area (Å²) in [4.78, 5) is 4.12. The molecule has 0 aliphatic carbocycles. The number of aromatic nitrogens is 1. The minimum atomic E-state index is 1.19. The molecule has 31 heavy (non-hydrogen) atoms. The quantitative estimate of drug-likeness (QED) is 0.283. The Morgan fingerprint density at radius 2 is 0.935 bits per heavy atom. The topological polar surface area (TPSA) is 12.9 Å². The van der Waals surface area contributed by atoms with Crippen LogP contribution in [0.5, 0.6) is 0 Å². The lowest BCUT2D eigenvalue weighted by atomic mass is 9.98. The van der Waals surface area contributed by atoms with E-state index >= 15 is 0 Å². The van der Waals surface area contributed by atoms with Gasteiger partial charge in [0, 0.05) is 32.6 Å². The van der Waals surface area contributed by atoms with Crippen LogP contribution in [0.3, 0.4) is 0 Å². The van der Waals surface area contributed by atoms with E-state index in [0.29, 0.717) is 0 Å². The number of fused-ring (bicyclic) bond motifs is 3. The third-order valence-corrected chi connectivity index (χ3v) is 7.11.